The number of rotatable bonds is 5. The lowest BCUT2D eigenvalue weighted by Crippen LogP contribution is -2.07. The van der Waals surface area contributed by atoms with E-state index in [-0.39, 0.29) is 12.2 Å². The Morgan fingerprint density at radius 3 is 2.30 bits per heavy atom. The zero-order chi connectivity index (χ0) is 14.6. The molecule has 5 heteroatoms. The van der Waals surface area contributed by atoms with Gasteiger partial charge < -0.3 is 0 Å². The number of thiophene rings is 1. The van der Waals surface area contributed by atoms with Crippen molar-refractivity contribution in [3.05, 3.63) is 57.8 Å². The van der Waals surface area contributed by atoms with Crippen molar-refractivity contribution in [3.63, 3.8) is 0 Å². The van der Waals surface area contributed by atoms with Gasteiger partial charge in [-0.3, -0.25) is 4.79 Å². The molecule has 2 aromatic rings. The van der Waals surface area contributed by atoms with Crippen LogP contribution in [0.5, 0.6) is 0 Å². The second kappa shape index (κ2) is 6.22. The highest BCUT2D eigenvalue weighted by Gasteiger charge is 2.29. The summed E-state index contributed by atoms with van der Waals surface area (Å²) in [7, 11) is 0. The van der Waals surface area contributed by atoms with E-state index in [0.29, 0.717) is 18.4 Å². The van der Waals surface area contributed by atoms with E-state index in [1.807, 2.05) is 16.8 Å². The number of benzene rings is 1. The van der Waals surface area contributed by atoms with Crippen LogP contribution in [0.1, 0.15) is 23.1 Å². The van der Waals surface area contributed by atoms with E-state index >= 15 is 0 Å². The first kappa shape index (κ1) is 14.8. The standard InChI is InChI=1S/C15H13F3OS/c16-15(17,18)13-4-1-11(2-5-13)9-14(19)6-3-12-7-8-20-10-12/h1-2,4-5,7-8,10H,3,6,9H2. The largest absolute Gasteiger partial charge is 0.416 e. The molecule has 0 N–H and O–H groups in total. The molecular formula is C15H13F3OS. The molecule has 0 fully saturated rings. The van der Waals surface area contributed by atoms with Crippen molar-refractivity contribution < 1.29 is 18.0 Å². The molecule has 0 saturated carbocycles. The van der Waals surface area contributed by atoms with Crippen molar-refractivity contribution in [1.29, 1.82) is 0 Å². The number of aryl methyl sites for hydroxylation is 1. The second-order valence-electron chi connectivity index (χ2n) is 4.54. The Morgan fingerprint density at radius 2 is 1.75 bits per heavy atom. The fourth-order valence-electron chi connectivity index (χ4n) is 1.85. The van der Waals surface area contributed by atoms with Gasteiger partial charge in [0, 0.05) is 12.8 Å². The van der Waals surface area contributed by atoms with Crippen LogP contribution >= 0.6 is 11.3 Å². The Morgan fingerprint density at radius 1 is 1.05 bits per heavy atom. The van der Waals surface area contributed by atoms with Crippen molar-refractivity contribution in [2.75, 3.05) is 0 Å². The fourth-order valence-corrected chi connectivity index (χ4v) is 2.55. The zero-order valence-electron chi connectivity index (χ0n) is 10.6. The summed E-state index contributed by atoms with van der Waals surface area (Å²) >= 11 is 1.58. The summed E-state index contributed by atoms with van der Waals surface area (Å²) in [5, 5.41) is 3.95. The van der Waals surface area contributed by atoms with Crippen molar-refractivity contribution in [2.24, 2.45) is 0 Å². The van der Waals surface area contributed by atoms with Gasteiger partial charge in [-0.1, -0.05) is 12.1 Å². The molecule has 20 heavy (non-hydrogen) atoms. The number of Topliss-reactive ketones (excluding diaryl/α,β-unsaturated/α-hetero) is 1. The maximum Gasteiger partial charge on any atom is 0.416 e. The van der Waals surface area contributed by atoms with Crippen LogP contribution in [-0.2, 0) is 23.8 Å². The van der Waals surface area contributed by atoms with Crippen molar-refractivity contribution in [2.45, 2.75) is 25.4 Å². The molecule has 0 aliphatic heterocycles. The summed E-state index contributed by atoms with van der Waals surface area (Å²) in [6, 6.07) is 6.73. The van der Waals surface area contributed by atoms with Crippen LogP contribution in [0.3, 0.4) is 0 Å². The van der Waals surface area contributed by atoms with Gasteiger partial charge in [-0.2, -0.15) is 24.5 Å². The normalized spacial score (nSPS) is 11.6. The average Bonchev–Trinajstić information content (AvgIpc) is 2.89. The monoisotopic (exact) mass is 298 g/mol. The number of ketones is 1. The highest BCUT2D eigenvalue weighted by atomic mass is 32.1. The minimum atomic E-state index is -4.33. The molecule has 0 amide bonds. The third-order valence-corrected chi connectivity index (χ3v) is 3.69. The predicted octanol–water partition coefficient (Wildman–Crippen LogP) is 4.51. The summed E-state index contributed by atoms with van der Waals surface area (Å²) in [6.45, 7) is 0. The van der Waals surface area contributed by atoms with Gasteiger partial charge in [-0.25, -0.2) is 0 Å². The number of alkyl halides is 3. The van der Waals surface area contributed by atoms with Crippen LogP contribution in [0.25, 0.3) is 0 Å². The van der Waals surface area contributed by atoms with E-state index in [1.165, 1.54) is 12.1 Å². The molecule has 1 heterocycles. The van der Waals surface area contributed by atoms with Crippen LogP contribution in [-0.4, -0.2) is 5.78 Å². The molecule has 0 saturated heterocycles. The SMILES string of the molecule is O=C(CCc1ccsc1)Cc1ccc(C(F)(F)F)cc1. The smallest absolute Gasteiger partial charge is 0.299 e. The number of halogens is 3. The van der Waals surface area contributed by atoms with E-state index in [1.54, 1.807) is 11.3 Å². The molecule has 0 bridgehead atoms. The molecule has 0 aliphatic carbocycles. The lowest BCUT2D eigenvalue weighted by Gasteiger charge is -2.07. The van der Waals surface area contributed by atoms with Gasteiger partial charge in [0.1, 0.15) is 5.78 Å². The van der Waals surface area contributed by atoms with Gasteiger partial charge in [0.25, 0.3) is 0 Å². The Balaban J connectivity index is 1.88. The first-order valence-electron chi connectivity index (χ1n) is 6.14. The summed E-state index contributed by atoms with van der Waals surface area (Å²) in [6.07, 6.45) is -3.05. The molecule has 1 nitrogen and oxygen atoms in total. The molecule has 1 aromatic heterocycles. The second-order valence-corrected chi connectivity index (χ2v) is 5.32. The van der Waals surface area contributed by atoms with Crippen LogP contribution in [0, 0.1) is 0 Å². The topological polar surface area (TPSA) is 17.1 Å². The zero-order valence-corrected chi connectivity index (χ0v) is 11.4. The first-order chi connectivity index (χ1) is 9.45. The van der Waals surface area contributed by atoms with E-state index in [0.717, 1.165) is 17.7 Å². The first-order valence-corrected chi connectivity index (χ1v) is 7.08. The maximum absolute atomic E-state index is 12.4. The van der Waals surface area contributed by atoms with Crippen LogP contribution < -0.4 is 0 Å². The van der Waals surface area contributed by atoms with Gasteiger partial charge in [0.05, 0.1) is 5.56 Å². The highest BCUT2D eigenvalue weighted by Crippen LogP contribution is 2.29. The Labute approximate surface area is 119 Å². The minimum Gasteiger partial charge on any atom is -0.299 e. The van der Waals surface area contributed by atoms with Crippen molar-refractivity contribution in [3.8, 4) is 0 Å². The lowest BCUT2D eigenvalue weighted by molar-refractivity contribution is -0.137. The number of hydrogen-bond donors (Lipinski definition) is 0. The molecule has 0 spiro atoms. The molecule has 1 aromatic carbocycles. The minimum absolute atomic E-state index is 0.0379. The number of carbonyl (C=O) groups is 1. The van der Waals surface area contributed by atoms with Gasteiger partial charge >= 0.3 is 6.18 Å². The predicted molar refractivity (Wildman–Crippen MR) is 72.8 cm³/mol. The van der Waals surface area contributed by atoms with Crippen LogP contribution in [0.15, 0.2) is 41.1 Å². The molecule has 0 atom stereocenters. The molecule has 0 unspecified atom stereocenters. The van der Waals surface area contributed by atoms with Crippen molar-refractivity contribution in [1.82, 2.24) is 0 Å². The highest BCUT2D eigenvalue weighted by molar-refractivity contribution is 7.07. The van der Waals surface area contributed by atoms with Gasteiger partial charge in [-0.15, -0.1) is 0 Å². The van der Waals surface area contributed by atoms with Gasteiger partial charge in [-0.05, 0) is 46.5 Å². The molecule has 106 valence electrons. The average molecular weight is 298 g/mol. The Hall–Kier alpha value is -1.62. The Kier molecular flexibility index (Phi) is 4.60. The van der Waals surface area contributed by atoms with Gasteiger partial charge in [0.2, 0.25) is 0 Å². The molecule has 2 rings (SSSR count). The maximum atomic E-state index is 12.4. The number of carbonyl (C=O) groups excluding carboxylic acids is 1. The summed E-state index contributed by atoms with van der Waals surface area (Å²) < 4.78 is 37.2. The van der Waals surface area contributed by atoms with E-state index < -0.39 is 11.7 Å². The third-order valence-electron chi connectivity index (χ3n) is 2.96. The molecular weight excluding hydrogens is 285 g/mol. The Bertz CT molecular complexity index is 556. The van der Waals surface area contributed by atoms with Crippen molar-refractivity contribution >= 4 is 17.1 Å². The van der Waals surface area contributed by atoms with E-state index in [9.17, 15) is 18.0 Å². The fraction of sp³-hybridized carbons (Fsp3) is 0.267. The molecule has 0 radical (unpaired) electrons. The number of hydrogen-bond acceptors (Lipinski definition) is 2. The van der Waals surface area contributed by atoms with E-state index in [2.05, 4.69) is 0 Å². The summed E-state index contributed by atoms with van der Waals surface area (Å²) in [4.78, 5) is 11.8. The summed E-state index contributed by atoms with van der Waals surface area (Å²) in [5.74, 6) is 0.0379. The third kappa shape index (κ3) is 4.20. The summed E-state index contributed by atoms with van der Waals surface area (Å²) in [5.41, 5.74) is 1.05. The quantitative estimate of drug-likeness (QED) is 0.793. The van der Waals surface area contributed by atoms with Gasteiger partial charge in [0.15, 0.2) is 0 Å². The van der Waals surface area contributed by atoms with Crippen LogP contribution in [0.2, 0.25) is 0 Å². The molecule has 0 aliphatic rings. The lowest BCUT2D eigenvalue weighted by atomic mass is 10.0. The van der Waals surface area contributed by atoms with Crippen LogP contribution in [0.4, 0.5) is 13.2 Å². The van der Waals surface area contributed by atoms with E-state index in [4.69, 9.17) is 0 Å².